The minimum Gasteiger partial charge on any atom is -0.319 e. The molecular formula is C13H16ClN3O. The SMILES string of the molecule is CC(C)C(C)(C#N)NC(=O)Nc1ccc(Cl)cc1. The van der Waals surface area contributed by atoms with Gasteiger partial charge in [-0.1, -0.05) is 25.4 Å². The van der Waals surface area contributed by atoms with Crippen molar-refractivity contribution in [3.63, 3.8) is 0 Å². The van der Waals surface area contributed by atoms with Gasteiger partial charge in [0.1, 0.15) is 5.54 Å². The fourth-order valence-electron chi connectivity index (χ4n) is 1.23. The van der Waals surface area contributed by atoms with Crippen LogP contribution in [0.4, 0.5) is 10.5 Å². The molecule has 0 aliphatic carbocycles. The van der Waals surface area contributed by atoms with Crippen molar-refractivity contribution in [2.75, 3.05) is 5.32 Å². The van der Waals surface area contributed by atoms with Crippen molar-refractivity contribution in [1.29, 1.82) is 5.26 Å². The van der Waals surface area contributed by atoms with E-state index in [1.807, 2.05) is 13.8 Å². The highest BCUT2D eigenvalue weighted by atomic mass is 35.5. The molecule has 2 N–H and O–H groups in total. The van der Waals surface area contributed by atoms with E-state index in [-0.39, 0.29) is 5.92 Å². The van der Waals surface area contributed by atoms with Crippen LogP contribution in [0.25, 0.3) is 0 Å². The first kappa shape index (κ1) is 14.3. The third-order valence-electron chi connectivity index (χ3n) is 2.86. The Morgan fingerprint density at radius 2 is 1.94 bits per heavy atom. The number of nitrogens with zero attached hydrogens (tertiary/aromatic N) is 1. The topological polar surface area (TPSA) is 64.9 Å². The molecule has 0 aromatic heterocycles. The summed E-state index contributed by atoms with van der Waals surface area (Å²) in [6.45, 7) is 5.46. The second-order valence-corrected chi connectivity index (χ2v) is 4.99. The second kappa shape index (κ2) is 5.74. The number of nitrogens with one attached hydrogen (secondary N) is 2. The molecule has 1 rings (SSSR count). The number of benzene rings is 1. The molecule has 0 heterocycles. The number of rotatable bonds is 3. The summed E-state index contributed by atoms with van der Waals surface area (Å²) in [4.78, 5) is 11.8. The van der Waals surface area contributed by atoms with E-state index >= 15 is 0 Å². The van der Waals surface area contributed by atoms with Crippen LogP contribution in [-0.4, -0.2) is 11.6 Å². The number of nitriles is 1. The zero-order valence-electron chi connectivity index (χ0n) is 10.6. The van der Waals surface area contributed by atoms with Gasteiger partial charge in [-0.15, -0.1) is 0 Å². The minimum absolute atomic E-state index is 0.0125. The summed E-state index contributed by atoms with van der Waals surface area (Å²) in [6, 6.07) is 8.46. The van der Waals surface area contributed by atoms with Crippen molar-refractivity contribution in [2.24, 2.45) is 5.92 Å². The molecule has 2 amide bonds. The number of carbonyl (C=O) groups is 1. The Balaban J connectivity index is 2.67. The molecule has 0 saturated heterocycles. The van der Waals surface area contributed by atoms with E-state index in [1.54, 1.807) is 31.2 Å². The minimum atomic E-state index is -0.892. The molecule has 0 fully saturated rings. The lowest BCUT2D eigenvalue weighted by atomic mass is 9.90. The average Bonchev–Trinajstić information content (AvgIpc) is 2.31. The summed E-state index contributed by atoms with van der Waals surface area (Å²) in [6.07, 6.45) is 0. The van der Waals surface area contributed by atoms with Gasteiger partial charge in [0.25, 0.3) is 0 Å². The Bertz CT molecular complexity index is 464. The summed E-state index contributed by atoms with van der Waals surface area (Å²) in [5, 5.41) is 15.0. The van der Waals surface area contributed by atoms with Gasteiger partial charge >= 0.3 is 6.03 Å². The van der Waals surface area contributed by atoms with Crippen LogP contribution in [0.1, 0.15) is 20.8 Å². The fourth-order valence-corrected chi connectivity index (χ4v) is 1.36. The summed E-state index contributed by atoms with van der Waals surface area (Å²) < 4.78 is 0. The Hall–Kier alpha value is -1.73. The van der Waals surface area contributed by atoms with Crippen molar-refractivity contribution in [2.45, 2.75) is 26.3 Å². The second-order valence-electron chi connectivity index (χ2n) is 4.55. The van der Waals surface area contributed by atoms with E-state index in [1.165, 1.54) is 0 Å². The molecule has 5 heteroatoms. The summed E-state index contributed by atoms with van der Waals surface area (Å²) in [5.74, 6) is 0.0125. The highest BCUT2D eigenvalue weighted by Crippen LogP contribution is 2.16. The lowest BCUT2D eigenvalue weighted by Gasteiger charge is -2.27. The quantitative estimate of drug-likeness (QED) is 0.880. The van der Waals surface area contributed by atoms with Crippen LogP contribution in [0.5, 0.6) is 0 Å². The number of anilines is 1. The monoisotopic (exact) mass is 265 g/mol. The number of halogens is 1. The Morgan fingerprint density at radius 3 is 2.39 bits per heavy atom. The predicted octanol–water partition coefficient (Wildman–Crippen LogP) is 3.40. The molecule has 4 nitrogen and oxygen atoms in total. The molecule has 0 radical (unpaired) electrons. The van der Waals surface area contributed by atoms with Crippen molar-refractivity contribution in [3.05, 3.63) is 29.3 Å². The maximum atomic E-state index is 11.8. The highest BCUT2D eigenvalue weighted by molar-refractivity contribution is 6.30. The summed E-state index contributed by atoms with van der Waals surface area (Å²) in [7, 11) is 0. The van der Waals surface area contributed by atoms with Gasteiger partial charge in [-0.05, 0) is 37.1 Å². The Kier molecular flexibility index (Phi) is 4.57. The van der Waals surface area contributed by atoms with Crippen LogP contribution in [0.15, 0.2) is 24.3 Å². The van der Waals surface area contributed by atoms with Crippen LogP contribution < -0.4 is 10.6 Å². The normalized spacial score (nSPS) is 13.6. The van der Waals surface area contributed by atoms with E-state index < -0.39 is 11.6 Å². The summed E-state index contributed by atoms with van der Waals surface area (Å²) >= 11 is 5.75. The molecule has 1 aromatic carbocycles. The van der Waals surface area contributed by atoms with Crippen LogP contribution >= 0.6 is 11.6 Å². The maximum absolute atomic E-state index is 11.8. The van der Waals surface area contributed by atoms with Crippen molar-refractivity contribution < 1.29 is 4.79 Å². The molecule has 1 atom stereocenters. The molecule has 96 valence electrons. The molecule has 0 bridgehead atoms. The molecule has 0 saturated carbocycles. The first-order valence-electron chi connectivity index (χ1n) is 5.63. The number of hydrogen-bond acceptors (Lipinski definition) is 2. The highest BCUT2D eigenvalue weighted by Gasteiger charge is 2.29. The lowest BCUT2D eigenvalue weighted by Crippen LogP contribution is -2.50. The third kappa shape index (κ3) is 3.64. The predicted molar refractivity (Wildman–Crippen MR) is 72.5 cm³/mol. The molecule has 0 aliphatic rings. The standard InChI is InChI=1S/C13H16ClN3O/c1-9(2)13(3,8-15)17-12(18)16-11-6-4-10(14)5-7-11/h4-7,9H,1-3H3,(H2,16,17,18). The largest absolute Gasteiger partial charge is 0.320 e. The van der Waals surface area contributed by atoms with Crippen molar-refractivity contribution in [1.82, 2.24) is 5.32 Å². The lowest BCUT2D eigenvalue weighted by molar-refractivity contribution is 0.238. The molecular weight excluding hydrogens is 250 g/mol. The maximum Gasteiger partial charge on any atom is 0.320 e. The van der Waals surface area contributed by atoms with E-state index in [0.29, 0.717) is 10.7 Å². The zero-order chi connectivity index (χ0) is 13.8. The smallest absolute Gasteiger partial charge is 0.319 e. The first-order chi connectivity index (χ1) is 8.37. The number of amides is 2. The van der Waals surface area contributed by atoms with Gasteiger partial charge in [0.15, 0.2) is 0 Å². The zero-order valence-corrected chi connectivity index (χ0v) is 11.4. The number of hydrogen-bond donors (Lipinski definition) is 2. The number of urea groups is 1. The van der Waals surface area contributed by atoms with Gasteiger partial charge in [-0.25, -0.2) is 4.79 Å². The molecule has 18 heavy (non-hydrogen) atoms. The van der Waals surface area contributed by atoms with Crippen molar-refractivity contribution in [3.8, 4) is 6.07 Å². The molecule has 1 unspecified atom stereocenters. The Labute approximate surface area is 112 Å². The van der Waals surface area contributed by atoms with Crippen LogP contribution in [-0.2, 0) is 0 Å². The molecule has 1 aromatic rings. The average molecular weight is 266 g/mol. The first-order valence-corrected chi connectivity index (χ1v) is 6.01. The van der Waals surface area contributed by atoms with Crippen LogP contribution in [0.3, 0.4) is 0 Å². The van der Waals surface area contributed by atoms with Crippen LogP contribution in [0.2, 0.25) is 5.02 Å². The van der Waals surface area contributed by atoms with Gasteiger partial charge in [0.2, 0.25) is 0 Å². The van der Waals surface area contributed by atoms with Gasteiger partial charge < -0.3 is 10.6 Å². The number of carbonyl (C=O) groups excluding carboxylic acids is 1. The summed E-state index contributed by atoms with van der Waals surface area (Å²) in [5.41, 5.74) is -0.266. The van der Waals surface area contributed by atoms with E-state index in [2.05, 4.69) is 16.7 Å². The van der Waals surface area contributed by atoms with E-state index in [9.17, 15) is 4.79 Å². The molecule has 0 spiro atoms. The fraction of sp³-hybridized carbons (Fsp3) is 0.385. The van der Waals surface area contributed by atoms with E-state index in [4.69, 9.17) is 16.9 Å². The van der Waals surface area contributed by atoms with Gasteiger partial charge in [0.05, 0.1) is 6.07 Å². The van der Waals surface area contributed by atoms with E-state index in [0.717, 1.165) is 0 Å². The molecule has 0 aliphatic heterocycles. The van der Waals surface area contributed by atoms with Gasteiger partial charge in [-0.2, -0.15) is 5.26 Å². The van der Waals surface area contributed by atoms with Gasteiger partial charge in [0, 0.05) is 10.7 Å². The Morgan fingerprint density at radius 1 is 1.39 bits per heavy atom. The van der Waals surface area contributed by atoms with Crippen molar-refractivity contribution >= 4 is 23.3 Å². The van der Waals surface area contributed by atoms with Crippen LogP contribution in [0, 0.1) is 17.2 Å². The van der Waals surface area contributed by atoms with Gasteiger partial charge in [-0.3, -0.25) is 0 Å². The third-order valence-corrected chi connectivity index (χ3v) is 3.11.